The number of imide groups is 1. The minimum absolute atomic E-state index is 0.0816. The molecule has 4 rings (SSSR count). The van der Waals surface area contributed by atoms with Crippen molar-refractivity contribution in [3.8, 4) is 0 Å². The van der Waals surface area contributed by atoms with Gasteiger partial charge in [-0.3, -0.25) is 24.3 Å². The van der Waals surface area contributed by atoms with E-state index in [0.717, 1.165) is 47.1 Å². The molecule has 1 atom stereocenters. The van der Waals surface area contributed by atoms with Gasteiger partial charge in [0.25, 0.3) is 11.1 Å². The van der Waals surface area contributed by atoms with E-state index in [1.54, 1.807) is 47.6 Å². The number of likely N-dealkylation sites (tertiary alicyclic amines) is 1. The van der Waals surface area contributed by atoms with E-state index in [1.807, 2.05) is 12.1 Å². The second-order valence-electron chi connectivity index (χ2n) is 7.21. The fourth-order valence-electron chi connectivity index (χ4n) is 3.76. The SMILES string of the molecule is O=C1SC(=Cc2cccc(Cl)c2)C(=O)N1CC(=O)N1CCCCC1c1cccnc1. The zero-order valence-corrected chi connectivity index (χ0v) is 17.7. The van der Waals surface area contributed by atoms with Gasteiger partial charge in [0.15, 0.2) is 0 Å². The van der Waals surface area contributed by atoms with Crippen molar-refractivity contribution in [3.05, 3.63) is 69.8 Å². The standard InChI is InChI=1S/C22H20ClN3O3S/c23-17-7-3-5-15(11-17)12-19-21(28)26(22(29)30-19)14-20(27)25-10-2-1-8-18(25)16-6-4-9-24-13-16/h3-7,9,11-13,18H,1-2,8,10,14H2. The van der Waals surface area contributed by atoms with Crippen molar-refractivity contribution in [3.63, 3.8) is 0 Å². The van der Waals surface area contributed by atoms with Gasteiger partial charge >= 0.3 is 0 Å². The third-order valence-electron chi connectivity index (χ3n) is 5.21. The number of thioether (sulfide) groups is 1. The average Bonchev–Trinajstić information content (AvgIpc) is 3.01. The fraction of sp³-hybridized carbons (Fsp3) is 0.273. The Morgan fingerprint density at radius 3 is 2.87 bits per heavy atom. The number of carbonyl (C=O) groups is 3. The summed E-state index contributed by atoms with van der Waals surface area (Å²) in [7, 11) is 0. The number of hydrogen-bond acceptors (Lipinski definition) is 5. The minimum atomic E-state index is -0.451. The molecule has 2 fully saturated rings. The number of halogens is 1. The van der Waals surface area contributed by atoms with Crippen LogP contribution >= 0.6 is 23.4 Å². The topological polar surface area (TPSA) is 70.6 Å². The minimum Gasteiger partial charge on any atom is -0.334 e. The smallest absolute Gasteiger partial charge is 0.294 e. The van der Waals surface area contributed by atoms with Crippen molar-refractivity contribution in [1.29, 1.82) is 0 Å². The predicted molar refractivity (Wildman–Crippen MR) is 117 cm³/mol. The maximum Gasteiger partial charge on any atom is 0.294 e. The van der Waals surface area contributed by atoms with Gasteiger partial charge in [-0.05, 0) is 66.4 Å². The van der Waals surface area contributed by atoms with Gasteiger partial charge < -0.3 is 4.90 Å². The molecule has 2 aliphatic rings. The Morgan fingerprint density at radius 1 is 1.23 bits per heavy atom. The van der Waals surface area contributed by atoms with Crippen LogP contribution in [-0.2, 0) is 9.59 Å². The molecule has 3 amide bonds. The van der Waals surface area contributed by atoms with Gasteiger partial charge in [-0.1, -0.05) is 29.8 Å². The molecule has 2 saturated heterocycles. The van der Waals surface area contributed by atoms with Crippen LogP contribution in [0.2, 0.25) is 5.02 Å². The highest BCUT2D eigenvalue weighted by molar-refractivity contribution is 8.18. The van der Waals surface area contributed by atoms with Crippen LogP contribution < -0.4 is 0 Å². The van der Waals surface area contributed by atoms with E-state index < -0.39 is 11.1 Å². The quantitative estimate of drug-likeness (QED) is 0.652. The molecule has 1 unspecified atom stereocenters. The van der Waals surface area contributed by atoms with E-state index in [1.165, 1.54) is 0 Å². The lowest BCUT2D eigenvalue weighted by molar-refractivity contribution is -0.138. The lowest BCUT2D eigenvalue weighted by Crippen LogP contribution is -2.45. The Hall–Kier alpha value is -2.64. The summed E-state index contributed by atoms with van der Waals surface area (Å²) in [5.41, 5.74) is 1.70. The Balaban J connectivity index is 1.49. The molecule has 0 bridgehead atoms. The van der Waals surface area contributed by atoms with Gasteiger partial charge in [-0.2, -0.15) is 0 Å². The van der Waals surface area contributed by atoms with Crippen molar-refractivity contribution in [2.45, 2.75) is 25.3 Å². The van der Waals surface area contributed by atoms with Crippen LogP contribution in [0.1, 0.15) is 36.4 Å². The number of nitrogens with zero attached hydrogens (tertiary/aromatic N) is 3. The highest BCUT2D eigenvalue weighted by atomic mass is 35.5. The zero-order chi connectivity index (χ0) is 21.1. The normalized spacial score (nSPS) is 20.8. The Bertz CT molecular complexity index is 1010. The summed E-state index contributed by atoms with van der Waals surface area (Å²) in [6, 6.07) is 10.8. The highest BCUT2D eigenvalue weighted by Gasteiger charge is 2.38. The second-order valence-corrected chi connectivity index (χ2v) is 8.64. The molecule has 3 heterocycles. The van der Waals surface area contributed by atoms with E-state index in [9.17, 15) is 14.4 Å². The monoisotopic (exact) mass is 441 g/mol. The molecule has 0 saturated carbocycles. The van der Waals surface area contributed by atoms with Crippen molar-refractivity contribution in [2.24, 2.45) is 0 Å². The number of rotatable bonds is 4. The molecule has 6 nitrogen and oxygen atoms in total. The van der Waals surface area contributed by atoms with Gasteiger partial charge in [0.1, 0.15) is 6.54 Å². The summed E-state index contributed by atoms with van der Waals surface area (Å²) in [5.74, 6) is -0.678. The van der Waals surface area contributed by atoms with Crippen molar-refractivity contribution in [2.75, 3.05) is 13.1 Å². The van der Waals surface area contributed by atoms with Gasteiger partial charge in [0.05, 0.1) is 10.9 Å². The van der Waals surface area contributed by atoms with Crippen molar-refractivity contribution in [1.82, 2.24) is 14.8 Å². The van der Waals surface area contributed by atoms with Crippen molar-refractivity contribution >= 4 is 46.5 Å². The number of hydrogen-bond donors (Lipinski definition) is 0. The van der Waals surface area contributed by atoms with Crippen LogP contribution in [0, 0.1) is 0 Å². The van der Waals surface area contributed by atoms with Crippen LogP contribution in [0.5, 0.6) is 0 Å². The molecule has 0 aliphatic carbocycles. The van der Waals surface area contributed by atoms with Gasteiger partial charge in [-0.25, -0.2) is 0 Å². The molecule has 0 spiro atoms. The first-order valence-electron chi connectivity index (χ1n) is 9.73. The van der Waals surface area contributed by atoms with E-state index in [0.29, 0.717) is 11.6 Å². The highest BCUT2D eigenvalue weighted by Crippen LogP contribution is 2.34. The maximum atomic E-state index is 13.1. The number of pyridine rings is 1. The molecular weight excluding hydrogens is 422 g/mol. The predicted octanol–water partition coefficient (Wildman–Crippen LogP) is 4.53. The summed E-state index contributed by atoms with van der Waals surface area (Å²) in [6.45, 7) is 0.348. The molecule has 0 radical (unpaired) electrons. The molecule has 2 aliphatic heterocycles. The van der Waals surface area contributed by atoms with E-state index in [4.69, 9.17) is 11.6 Å². The number of amides is 3. The first-order chi connectivity index (χ1) is 14.5. The number of aromatic nitrogens is 1. The second kappa shape index (κ2) is 9.02. The maximum absolute atomic E-state index is 13.1. The Labute approximate surface area is 183 Å². The van der Waals surface area contributed by atoms with Crippen LogP contribution in [0.4, 0.5) is 4.79 Å². The molecule has 1 aromatic heterocycles. The lowest BCUT2D eigenvalue weighted by atomic mass is 9.96. The largest absolute Gasteiger partial charge is 0.334 e. The van der Waals surface area contributed by atoms with Gasteiger partial charge in [0.2, 0.25) is 5.91 Å². The molecule has 30 heavy (non-hydrogen) atoms. The summed E-state index contributed by atoms with van der Waals surface area (Å²) in [4.78, 5) is 45.5. The van der Waals surface area contributed by atoms with E-state index >= 15 is 0 Å². The molecule has 154 valence electrons. The number of carbonyl (C=O) groups excluding carboxylic acids is 3. The lowest BCUT2D eigenvalue weighted by Gasteiger charge is -2.36. The van der Waals surface area contributed by atoms with Crippen molar-refractivity contribution < 1.29 is 14.4 Å². The molecule has 0 N–H and O–H groups in total. The fourth-order valence-corrected chi connectivity index (χ4v) is 4.80. The molecular formula is C22H20ClN3O3S. The Morgan fingerprint density at radius 2 is 2.10 bits per heavy atom. The number of piperidine rings is 1. The first kappa shape index (κ1) is 20.6. The van der Waals surface area contributed by atoms with E-state index in [2.05, 4.69) is 4.98 Å². The Kier molecular flexibility index (Phi) is 6.20. The molecule has 1 aromatic carbocycles. The first-order valence-corrected chi connectivity index (χ1v) is 10.9. The van der Waals surface area contributed by atoms with Crippen LogP contribution in [0.15, 0.2) is 53.7 Å². The van der Waals surface area contributed by atoms with Gasteiger partial charge in [0, 0.05) is 24.0 Å². The van der Waals surface area contributed by atoms with Crippen LogP contribution in [-0.4, -0.2) is 44.9 Å². The van der Waals surface area contributed by atoms with Gasteiger partial charge in [-0.15, -0.1) is 0 Å². The zero-order valence-electron chi connectivity index (χ0n) is 16.2. The van der Waals surface area contributed by atoms with E-state index in [-0.39, 0.29) is 23.4 Å². The summed E-state index contributed by atoms with van der Waals surface area (Å²) in [6.07, 6.45) is 7.86. The summed E-state index contributed by atoms with van der Waals surface area (Å²) in [5, 5.41) is 0.112. The third-order valence-corrected chi connectivity index (χ3v) is 6.35. The summed E-state index contributed by atoms with van der Waals surface area (Å²) < 4.78 is 0. The molecule has 2 aromatic rings. The number of benzene rings is 1. The van der Waals surface area contributed by atoms with Crippen LogP contribution in [0.3, 0.4) is 0 Å². The average molecular weight is 442 g/mol. The molecule has 8 heteroatoms. The summed E-state index contributed by atoms with van der Waals surface area (Å²) >= 11 is 6.83. The van der Waals surface area contributed by atoms with Crippen LogP contribution in [0.25, 0.3) is 6.08 Å². The third kappa shape index (κ3) is 4.42.